The Hall–Kier alpha value is -3.69. The zero-order chi connectivity index (χ0) is 21.6. The van der Waals surface area contributed by atoms with E-state index < -0.39 is 18.6 Å². The Morgan fingerprint density at radius 1 is 1.00 bits per heavy atom. The average Bonchev–Trinajstić information content (AvgIpc) is 3.20. The number of nitrogens with one attached hydrogen (secondary N) is 2. The summed E-state index contributed by atoms with van der Waals surface area (Å²) in [4.78, 5) is 28.0. The monoisotopic (exact) mass is 418 g/mol. The maximum Gasteiger partial charge on any atom is 0.405 e. The molecule has 2 N–H and O–H groups in total. The van der Waals surface area contributed by atoms with Gasteiger partial charge in [0.15, 0.2) is 0 Å². The third-order valence-electron chi connectivity index (χ3n) is 3.95. The fourth-order valence-electron chi connectivity index (χ4n) is 2.49. The molecule has 1 aromatic heterocycles. The number of hydrogen-bond acceptors (Lipinski definition) is 5. The van der Waals surface area contributed by atoms with Gasteiger partial charge in [-0.2, -0.15) is 18.2 Å². The Bertz CT molecular complexity index is 1000. The first kappa shape index (κ1) is 21.0. The van der Waals surface area contributed by atoms with E-state index in [2.05, 4.69) is 15.5 Å². The van der Waals surface area contributed by atoms with Gasteiger partial charge in [-0.05, 0) is 24.3 Å². The lowest BCUT2D eigenvalue weighted by Crippen LogP contribution is -2.33. The molecule has 10 heteroatoms. The lowest BCUT2D eigenvalue weighted by atomic mass is 10.2. The van der Waals surface area contributed by atoms with Gasteiger partial charge in [-0.1, -0.05) is 35.5 Å². The smallest absolute Gasteiger partial charge is 0.343 e. The molecule has 156 valence electrons. The summed E-state index contributed by atoms with van der Waals surface area (Å²) in [7, 11) is 0. The second-order valence-electron chi connectivity index (χ2n) is 6.30. The minimum absolute atomic E-state index is 0.0524. The van der Waals surface area contributed by atoms with Crippen molar-refractivity contribution in [1.82, 2.24) is 15.5 Å². The molecule has 1 heterocycles. The molecule has 0 saturated carbocycles. The number of anilines is 1. The van der Waals surface area contributed by atoms with Crippen molar-refractivity contribution >= 4 is 17.5 Å². The van der Waals surface area contributed by atoms with Crippen LogP contribution in [0, 0.1) is 0 Å². The van der Waals surface area contributed by atoms with Gasteiger partial charge in [0.2, 0.25) is 17.6 Å². The molecule has 0 unspecified atom stereocenters. The Balaban J connectivity index is 1.48. The minimum atomic E-state index is -4.48. The van der Waals surface area contributed by atoms with Crippen molar-refractivity contribution in [2.75, 3.05) is 11.9 Å². The zero-order valence-electron chi connectivity index (χ0n) is 15.6. The second kappa shape index (κ2) is 9.21. The number of amides is 2. The highest BCUT2D eigenvalue weighted by Crippen LogP contribution is 2.16. The van der Waals surface area contributed by atoms with E-state index in [0.717, 1.165) is 5.56 Å². The molecule has 0 fully saturated rings. The van der Waals surface area contributed by atoms with Gasteiger partial charge in [0.1, 0.15) is 6.54 Å². The topological polar surface area (TPSA) is 97.1 Å². The number of halogens is 3. The van der Waals surface area contributed by atoms with Crippen LogP contribution in [0.15, 0.2) is 59.1 Å². The Morgan fingerprint density at radius 2 is 1.70 bits per heavy atom. The van der Waals surface area contributed by atoms with Crippen molar-refractivity contribution in [3.05, 3.63) is 66.1 Å². The van der Waals surface area contributed by atoms with E-state index in [4.69, 9.17) is 4.52 Å². The van der Waals surface area contributed by atoms with E-state index in [-0.39, 0.29) is 24.3 Å². The summed E-state index contributed by atoms with van der Waals surface area (Å²) in [6, 6.07) is 14.8. The first-order chi connectivity index (χ1) is 14.3. The third-order valence-corrected chi connectivity index (χ3v) is 3.95. The van der Waals surface area contributed by atoms with Gasteiger partial charge < -0.3 is 15.2 Å². The summed E-state index contributed by atoms with van der Waals surface area (Å²) < 4.78 is 41.6. The molecule has 3 rings (SSSR count). The van der Waals surface area contributed by atoms with Crippen molar-refractivity contribution in [3.8, 4) is 11.4 Å². The van der Waals surface area contributed by atoms with E-state index in [0.29, 0.717) is 17.4 Å². The molecule has 30 heavy (non-hydrogen) atoms. The summed E-state index contributed by atoms with van der Waals surface area (Å²) in [5.74, 6) is -0.411. The molecule has 0 aliphatic heterocycles. The van der Waals surface area contributed by atoms with E-state index in [9.17, 15) is 22.8 Å². The van der Waals surface area contributed by atoms with Crippen LogP contribution in [0.3, 0.4) is 0 Å². The summed E-state index contributed by atoms with van der Waals surface area (Å²) in [6.45, 7) is -1.41. The van der Waals surface area contributed by atoms with Crippen LogP contribution in [-0.4, -0.2) is 34.7 Å². The number of alkyl halides is 3. The normalized spacial score (nSPS) is 11.2. The minimum Gasteiger partial charge on any atom is -0.343 e. The Kier molecular flexibility index (Phi) is 6.45. The van der Waals surface area contributed by atoms with Crippen molar-refractivity contribution in [2.24, 2.45) is 0 Å². The highest BCUT2D eigenvalue weighted by Gasteiger charge is 2.27. The standard InChI is InChI=1S/C20H17F3N4O3/c21-20(22,23)12-24-19(29)14-6-8-15(9-7-14)25-16(28)10-11-17-26-18(27-30-17)13-4-2-1-3-5-13/h1-9H,10-12H2,(H,24,29)(H,25,28). The number of hydrogen-bond donors (Lipinski definition) is 2. The maximum atomic E-state index is 12.1. The SMILES string of the molecule is O=C(CCc1nc(-c2ccccc2)no1)Nc1ccc(C(=O)NCC(F)(F)F)cc1. The third kappa shape index (κ3) is 6.16. The van der Waals surface area contributed by atoms with Crippen molar-refractivity contribution in [3.63, 3.8) is 0 Å². The quantitative estimate of drug-likeness (QED) is 0.611. The molecule has 0 saturated heterocycles. The number of benzene rings is 2. The predicted octanol–water partition coefficient (Wildman–Crippen LogP) is 3.60. The molecule has 0 bridgehead atoms. The first-order valence-electron chi connectivity index (χ1n) is 8.93. The zero-order valence-corrected chi connectivity index (χ0v) is 15.6. The summed E-state index contributed by atoms with van der Waals surface area (Å²) in [6.07, 6.45) is -4.16. The van der Waals surface area contributed by atoms with Crippen molar-refractivity contribution < 1.29 is 27.3 Å². The summed E-state index contributed by atoms with van der Waals surface area (Å²) >= 11 is 0. The number of carbonyl (C=O) groups is 2. The molecule has 0 atom stereocenters. The van der Waals surface area contributed by atoms with Crippen LogP contribution >= 0.6 is 0 Å². The van der Waals surface area contributed by atoms with Crippen LogP contribution in [0.1, 0.15) is 22.7 Å². The molecule has 7 nitrogen and oxygen atoms in total. The van der Waals surface area contributed by atoms with Gasteiger partial charge in [-0.3, -0.25) is 9.59 Å². The lowest BCUT2D eigenvalue weighted by molar-refractivity contribution is -0.123. The number of aromatic nitrogens is 2. The highest BCUT2D eigenvalue weighted by molar-refractivity contribution is 5.95. The Morgan fingerprint density at radius 3 is 2.37 bits per heavy atom. The Labute approximate surface area is 169 Å². The summed E-state index contributed by atoms with van der Waals surface area (Å²) in [5, 5.41) is 8.29. The van der Waals surface area contributed by atoms with E-state index in [1.54, 1.807) is 5.32 Å². The fraction of sp³-hybridized carbons (Fsp3) is 0.200. The molecule has 0 spiro atoms. The largest absolute Gasteiger partial charge is 0.405 e. The van der Waals surface area contributed by atoms with Gasteiger partial charge in [0.25, 0.3) is 5.91 Å². The summed E-state index contributed by atoms with van der Waals surface area (Å²) in [5.41, 5.74) is 1.26. The molecule has 2 aromatic carbocycles. The highest BCUT2D eigenvalue weighted by atomic mass is 19.4. The number of nitrogens with zero attached hydrogens (tertiary/aromatic N) is 2. The maximum absolute atomic E-state index is 12.1. The van der Waals surface area contributed by atoms with E-state index in [1.807, 2.05) is 30.3 Å². The van der Waals surface area contributed by atoms with Crippen LogP contribution in [0.4, 0.5) is 18.9 Å². The van der Waals surface area contributed by atoms with Crippen LogP contribution in [-0.2, 0) is 11.2 Å². The van der Waals surface area contributed by atoms with Gasteiger partial charge in [-0.25, -0.2) is 0 Å². The molecule has 0 aliphatic rings. The van der Waals surface area contributed by atoms with Gasteiger partial charge >= 0.3 is 6.18 Å². The van der Waals surface area contributed by atoms with Gasteiger partial charge in [0, 0.05) is 29.7 Å². The molecule has 0 radical (unpaired) electrons. The predicted molar refractivity (Wildman–Crippen MR) is 102 cm³/mol. The number of carbonyl (C=O) groups excluding carboxylic acids is 2. The first-order valence-corrected chi connectivity index (χ1v) is 8.93. The fourth-order valence-corrected chi connectivity index (χ4v) is 2.49. The molecule has 3 aromatic rings. The number of rotatable bonds is 7. The molecule has 0 aliphatic carbocycles. The van der Waals surface area contributed by atoms with Crippen LogP contribution in [0.5, 0.6) is 0 Å². The van der Waals surface area contributed by atoms with Gasteiger partial charge in [0.05, 0.1) is 0 Å². The van der Waals surface area contributed by atoms with Crippen molar-refractivity contribution in [2.45, 2.75) is 19.0 Å². The van der Waals surface area contributed by atoms with Crippen LogP contribution < -0.4 is 10.6 Å². The second-order valence-corrected chi connectivity index (χ2v) is 6.30. The lowest BCUT2D eigenvalue weighted by Gasteiger charge is -2.09. The average molecular weight is 418 g/mol. The molecular weight excluding hydrogens is 401 g/mol. The molecule has 2 amide bonds. The number of aryl methyl sites for hydroxylation is 1. The molecular formula is C20H17F3N4O3. The van der Waals surface area contributed by atoms with Crippen molar-refractivity contribution in [1.29, 1.82) is 0 Å². The van der Waals surface area contributed by atoms with E-state index >= 15 is 0 Å². The van der Waals surface area contributed by atoms with Gasteiger partial charge in [-0.15, -0.1) is 0 Å². The van der Waals surface area contributed by atoms with Crippen LogP contribution in [0.2, 0.25) is 0 Å². The van der Waals surface area contributed by atoms with E-state index in [1.165, 1.54) is 24.3 Å². The van der Waals surface area contributed by atoms with Crippen LogP contribution in [0.25, 0.3) is 11.4 Å².